The molecule has 0 radical (unpaired) electrons. The van der Waals surface area contributed by atoms with Crippen molar-refractivity contribution in [1.29, 1.82) is 0 Å². The fourth-order valence-electron chi connectivity index (χ4n) is 2.15. The zero-order chi connectivity index (χ0) is 11.5. The van der Waals surface area contributed by atoms with Crippen LogP contribution in [0.15, 0.2) is 18.5 Å². The monoisotopic (exact) mass is 303 g/mol. The van der Waals surface area contributed by atoms with E-state index in [-0.39, 0.29) is 0 Å². The van der Waals surface area contributed by atoms with E-state index in [2.05, 4.69) is 27.8 Å². The summed E-state index contributed by atoms with van der Waals surface area (Å²) in [5, 5.41) is 0.749. The average Bonchev–Trinajstić information content (AvgIpc) is 2.68. The molecular formula is C12H15BrClNO. The molecule has 0 saturated carbocycles. The molecule has 0 N–H and O–H groups in total. The summed E-state index contributed by atoms with van der Waals surface area (Å²) in [6.45, 7) is 3.01. The van der Waals surface area contributed by atoms with Gasteiger partial charge in [0.15, 0.2) is 0 Å². The van der Waals surface area contributed by atoms with E-state index in [0.717, 1.165) is 30.0 Å². The Balaban J connectivity index is 2.02. The van der Waals surface area contributed by atoms with E-state index in [1.165, 1.54) is 0 Å². The Hall–Kier alpha value is -0.120. The van der Waals surface area contributed by atoms with Crippen LogP contribution in [0.3, 0.4) is 0 Å². The molecule has 1 aromatic rings. The second-order valence-electron chi connectivity index (χ2n) is 4.22. The van der Waals surface area contributed by atoms with Crippen molar-refractivity contribution < 1.29 is 4.74 Å². The predicted octanol–water partition coefficient (Wildman–Crippen LogP) is 3.47. The van der Waals surface area contributed by atoms with Crippen LogP contribution in [0.25, 0.3) is 0 Å². The highest BCUT2D eigenvalue weighted by Gasteiger charge is 2.30. The maximum Gasteiger partial charge on any atom is 0.0621 e. The molecule has 0 spiro atoms. The quantitative estimate of drug-likeness (QED) is 0.798. The predicted molar refractivity (Wildman–Crippen MR) is 69.2 cm³/mol. The summed E-state index contributed by atoms with van der Waals surface area (Å²) < 4.78 is 5.58. The van der Waals surface area contributed by atoms with E-state index < -0.39 is 0 Å². The molecule has 0 aromatic carbocycles. The molecule has 1 aliphatic rings. The van der Waals surface area contributed by atoms with Gasteiger partial charge in [0.2, 0.25) is 0 Å². The molecule has 3 atom stereocenters. The van der Waals surface area contributed by atoms with Crippen molar-refractivity contribution >= 4 is 27.5 Å². The van der Waals surface area contributed by atoms with Gasteiger partial charge < -0.3 is 4.74 Å². The number of pyridine rings is 1. The first-order chi connectivity index (χ1) is 7.68. The lowest BCUT2D eigenvalue weighted by atomic mass is 9.94. The van der Waals surface area contributed by atoms with Crippen molar-refractivity contribution in [3.8, 4) is 0 Å². The zero-order valence-corrected chi connectivity index (χ0v) is 11.5. The van der Waals surface area contributed by atoms with Crippen LogP contribution in [0.4, 0.5) is 0 Å². The van der Waals surface area contributed by atoms with Crippen LogP contribution < -0.4 is 0 Å². The molecule has 1 saturated heterocycles. The van der Waals surface area contributed by atoms with Gasteiger partial charge in [-0.15, -0.1) is 0 Å². The van der Waals surface area contributed by atoms with Crippen LogP contribution in [0.5, 0.6) is 0 Å². The van der Waals surface area contributed by atoms with Crippen LogP contribution in [0.2, 0.25) is 5.02 Å². The Morgan fingerprint density at radius 3 is 3.12 bits per heavy atom. The minimum Gasteiger partial charge on any atom is -0.378 e. The molecule has 2 heterocycles. The first-order valence-electron chi connectivity index (χ1n) is 5.52. The van der Waals surface area contributed by atoms with Crippen molar-refractivity contribution in [2.75, 3.05) is 6.61 Å². The van der Waals surface area contributed by atoms with Crippen molar-refractivity contribution in [2.24, 2.45) is 5.92 Å². The number of hydrogen-bond donors (Lipinski definition) is 0. The Bertz CT molecular complexity index is 361. The molecule has 1 aromatic heterocycles. The van der Waals surface area contributed by atoms with E-state index in [0.29, 0.717) is 16.8 Å². The average molecular weight is 305 g/mol. The molecule has 1 aliphatic heterocycles. The maximum atomic E-state index is 6.10. The molecule has 2 rings (SSSR count). The van der Waals surface area contributed by atoms with E-state index in [9.17, 15) is 0 Å². The molecule has 1 fully saturated rings. The van der Waals surface area contributed by atoms with Crippen molar-refractivity contribution in [2.45, 2.75) is 30.7 Å². The molecule has 2 nitrogen and oxygen atoms in total. The van der Waals surface area contributed by atoms with Gasteiger partial charge in [0.25, 0.3) is 0 Å². The zero-order valence-electron chi connectivity index (χ0n) is 9.20. The minimum absolute atomic E-state index is 0.338. The Labute approximate surface area is 109 Å². The smallest absolute Gasteiger partial charge is 0.0621 e. The van der Waals surface area contributed by atoms with Gasteiger partial charge in [-0.3, -0.25) is 4.98 Å². The number of nitrogens with zero attached hydrogens (tertiary/aromatic N) is 1. The first kappa shape index (κ1) is 12.3. The largest absolute Gasteiger partial charge is 0.378 e. The van der Waals surface area contributed by atoms with E-state index in [1.54, 1.807) is 12.4 Å². The van der Waals surface area contributed by atoms with Gasteiger partial charge in [-0.1, -0.05) is 27.5 Å². The number of rotatable bonds is 3. The lowest BCUT2D eigenvalue weighted by Gasteiger charge is -2.20. The highest BCUT2D eigenvalue weighted by atomic mass is 79.9. The summed E-state index contributed by atoms with van der Waals surface area (Å²) in [6, 6.07) is 1.98. The number of hydrogen-bond acceptors (Lipinski definition) is 2. The van der Waals surface area contributed by atoms with Gasteiger partial charge >= 0.3 is 0 Å². The van der Waals surface area contributed by atoms with Gasteiger partial charge in [-0.25, -0.2) is 0 Å². The van der Waals surface area contributed by atoms with Crippen LogP contribution in [0, 0.1) is 5.92 Å². The normalized spacial score (nSPS) is 26.9. The number of halogens is 2. The highest BCUT2D eigenvalue weighted by molar-refractivity contribution is 9.09. The molecule has 3 unspecified atom stereocenters. The lowest BCUT2D eigenvalue weighted by Crippen LogP contribution is -2.23. The lowest BCUT2D eigenvalue weighted by molar-refractivity contribution is 0.105. The standard InChI is InChI=1S/C12H15BrClNO/c1-8-10(3-5-16-8)11(13)6-9-2-4-15-7-12(9)14/h2,4,7-8,10-11H,3,5-6H2,1H3. The Kier molecular flexibility index (Phi) is 4.22. The Morgan fingerprint density at radius 2 is 2.50 bits per heavy atom. The maximum absolute atomic E-state index is 6.10. The third-order valence-corrected chi connectivity index (χ3v) is 4.51. The van der Waals surface area contributed by atoms with Gasteiger partial charge in [-0.2, -0.15) is 0 Å². The van der Waals surface area contributed by atoms with Gasteiger partial charge in [0.1, 0.15) is 0 Å². The fraction of sp³-hybridized carbons (Fsp3) is 0.583. The number of alkyl halides is 1. The molecular weight excluding hydrogens is 289 g/mol. The fourth-order valence-corrected chi connectivity index (χ4v) is 3.39. The summed E-state index contributed by atoms with van der Waals surface area (Å²) in [7, 11) is 0. The molecule has 16 heavy (non-hydrogen) atoms. The highest BCUT2D eigenvalue weighted by Crippen LogP contribution is 2.31. The topological polar surface area (TPSA) is 22.1 Å². The number of aromatic nitrogens is 1. The summed E-state index contributed by atoms with van der Waals surface area (Å²) in [6.07, 6.45) is 5.88. The van der Waals surface area contributed by atoms with Crippen LogP contribution in [-0.4, -0.2) is 22.5 Å². The van der Waals surface area contributed by atoms with Gasteiger partial charge in [-0.05, 0) is 37.3 Å². The van der Waals surface area contributed by atoms with E-state index in [4.69, 9.17) is 16.3 Å². The van der Waals surface area contributed by atoms with Crippen molar-refractivity contribution in [1.82, 2.24) is 4.98 Å². The third kappa shape index (κ3) is 2.76. The van der Waals surface area contributed by atoms with Crippen molar-refractivity contribution in [3.05, 3.63) is 29.0 Å². The molecule has 0 bridgehead atoms. The molecule has 4 heteroatoms. The molecule has 0 aliphatic carbocycles. The van der Waals surface area contributed by atoms with Crippen LogP contribution in [-0.2, 0) is 11.2 Å². The number of ether oxygens (including phenoxy) is 1. The van der Waals surface area contributed by atoms with Crippen LogP contribution in [0.1, 0.15) is 18.9 Å². The summed E-state index contributed by atoms with van der Waals surface area (Å²) in [5.74, 6) is 0.573. The Morgan fingerprint density at radius 1 is 1.69 bits per heavy atom. The summed E-state index contributed by atoms with van der Waals surface area (Å²) in [4.78, 5) is 4.41. The first-order valence-corrected chi connectivity index (χ1v) is 6.82. The SMILES string of the molecule is CC1OCCC1C(Br)Cc1ccncc1Cl. The second kappa shape index (κ2) is 5.48. The van der Waals surface area contributed by atoms with Crippen molar-refractivity contribution in [3.63, 3.8) is 0 Å². The summed E-state index contributed by atoms with van der Waals surface area (Å²) in [5.41, 5.74) is 1.15. The molecule has 0 amide bonds. The van der Waals surface area contributed by atoms with Gasteiger partial charge in [0, 0.05) is 23.8 Å². The van der Waals surface area contributed by atoms with E-state index >= 15 is 0 Å². The van der Waals surface area contributed by atoms with E-state index in [1.807, 2.05) is 6.07 Å². The van der Waals surface area contributed by atoms with Crippen LogP contribution >= 0.6 is 27.5 Å². The second-order valence-corrected chi connectivity index (χ2v) is 5.80. The molecule has 88 valence electrons. The minimum atomic E-state index is 0.338. The summed E-state index contributed by atoms with van der Waals surface area (Å²) >= 11 is 9.85. The van der Waals surface area contributed by atoms with Gasteiger partial charge in [0.05, 0.1) is 11.1 Å². The third-order valence-electron chi connectivity index (χ3n) is 3.17.